The zero-order valence-corrected chi connectivity index (χ0v) is 10.4. The zero-order valence-electron chi connectivity index (χ0n) is 10.4. The van der Waals surface area contributed by atoms with Gasteiger partial charge in [0.25, 0.3) is 5.56 Å². The maximum atomic E-state index is 12.7. The molecule has 108 valence electrons. The van der Waals surface area contributed by atoms with Gasteiger partial charge in [-0.1, -0.05) is 6.07 Å². The summed E-state index contributed by atoms with van der Waals surface area (Å²) >= 11 is 0. The molecule has 1 aromatic heterocycles. The van der Waals surface area contributed by atoms with E-state index in [9.17, 15) is 23.1 Å². The topological polar surface area (TPSA) is 78.9 Å². The Morgan fingerprint density at radius 3 is 2.67 bits per heavy atom. The van der Waals surface area contributed by atoms with Crippen LogP contribution >= 0.6 is 0 Å². The molecule has 0 unspecified atom stereocenters. The molecule has 0 atom stereocenters. The van der Waals surface area contributed by atoms with E-state index < -0.39 is 23.0 Å². The van der Waals surface area contributed by atoms with Crippen molar-refractivity contribution in [3.63, 3.8) is 0 Å². The van der Waals surface area contributed by atoms with E-state index in [2.05, 4.69) is 5.10 Å². The summed E-state index contributed by atoms with van der Waals surface area (Å²) in [5.74, 6) is -0.468. The van der Waals surface area contributed by atoms with Crippen molar-refractivity contribution < 1.29 is 18.3 Å². The molecule has 0 aliphatic heterocycles. The Kier molecular flexibility index (Phi) is 3.67. The van der Waals surface area contributed by atoms with Gasteiger partial charge in [0, 0.05) is 6.07 Å². The molecule has 0 bridgehead atoms. The molecule has 0 saturated carbocycles. The van der Waals surface area contributed by atoms with Crippen molar-refractivity contribution in [1.29, 1.82) is 5.26 Å². The van der Waals surface area contributed by atoms with Crippen molar-refractivity contribution in [3.05, 3.63) is 51.9 Å². The van der Waals surface area contributed by atoms with Crippen LogP contribution in [0.3, 0.4) is 0 Å². The normalized spacial score (nSPS) is 11.1. The summed E-state index contributed by atoms with van der Waals surface area (Å²) in [4.78, 5) is 11.7. The van der Waals surface area contributed by atoms with Crippen molar-refractivity contribution in [2.24, 2.45) is 0 Å². The Balaban J connectivity index is 2.60. The van der Waals surface area contributed by atoms with Crippen LogP contribution in [0.4, 0.5) is 13.2 Å². The first-order chi connectivity index (χ1) is 9.82. The van der Waals surface area contributed by atoms with E-state index in [0.29, 0.717) is 4.68 Å². The van der Waals surface area contributed by atoms with E-state index >= 15 is 0 Å². The minimum atomic E-state index is -4.55. The van der Waals surface area contributed by atoms with Crippen molar-refractivity contribution in [2.45, 2.75) is 12.6 Å². The number of aromatic hydroxyl groups is 1. The number of hydrogen-bond acceptors (Lipinski definition) is 4. The molecule has 0 aliphatic rings. The van der Waals surface area contributed by atoms with E-state index in [0.717, 1.165) is 24.3 Å². The fourth-order valence-corrected chi connectivity index (χ4v) is 1.68. The highest BCUT2D eigenvalue weighted by atomic mass is 19.4. The van der Waals surface area contributed by atoms with E-state index in [4.69, 9.17) is 5.26 Å². The smallest absolute Gasteiger partial charge is 0.416 e. The molecule has 1 N–H and O–H groups in total. The highest BCUT2D eigenvalue weighted by Gasteiger charge is 2.30. The van der Waals surface area contributed by atoms with Gasteiger partial charge in [-0.25, -0.2) is 0 Å². The summed E-state index contributed by atoms with van der Waals surface area (Å²) in [5.41, 5.74) is -1.92. The number of rotatable bonds is 2. The molecule has 0 aliphatic carbocycles. The van der Waals surface area contributed by atoms with Gasteiger partial charge in [0.2, 0.25) is 0 Å². The van der Waals surface area contributed by atoms with Crippen molar-refractivity contribution in [1.82, 2.24) is 9.78 Å². The van der Waals surface area contributed by atoms with Crippen LogP contribution in [0.2, 0.25) is 0 Å². The van der Waals surface area contributed by atoms with E-state index in [1.807, 2.05) is 0 Å². The average molecular weight is 295 g/mol. The van der Waals surface area contributed by atoms with Crippen LogP contribution in [0.5, 0.6) is 5.75 Å². The second kappa shape index (κ2) is 5.28. The van der Waals surface area contributed by atoms with E-state index in [-0.39, 0.29) is 17.8 Å². The standard InChI is InChI=1S/C13H8F3N3O2/c14-13(15,16)8-2-1-3-9(6-8)19-12(21)7-11(20)10(18-19)4-5-17/h1-3,6-7,20H,4H2. The lowest BCUT2D eigenvalue weighted by molar-refractivity contribution is -0.137. The highest BCUT2D eigenvalue weighted by Crippen LogP contribution is 2.30. The first-order valence-electron chi connectivity index (χ1n) is 5.69. The molecular weight excluding hydrogens is 287 g/mol. The van der Waals surface area contributed by atoms with Crippen LogP contribution in [-0.2, 0) is 12.6 Å². The van der Waals surface area contributed by atoms with E-state index in [1.54, 1.807) is 6.07 Å². The molecule has 2 aromatic rings. The SMILES string of the molecule is N#CCc1nn(-c2cccc(C(F)(F)F)c2)c(=O)cc1O. The monoisotopic (exact) mass is 295 g/mol. The van der Waals surface area contributed by atoms with Gasteiger partial charge < -0.3 is 5.11 Å². The predicted molar refractivity (Wildman–Crippen MR) is 65.8 cm³/mol. The summed E-state index contributed by atoms with van der Waals surface area (Å²) in [6.45, 7) is 0. The molecule has 21 heavy (non-hydrogen) atoms. The minimum Gasteiger partial charge on any atom is -0.506 e. The second-order valence-corrected chi connectivity index (χ2v) is 4.11. The Bertz CT molecular complexity index is 775. The maximum Gasteiger partial charge on any atom is 0.416 e. The van der Waals surface area contributed by atoms with Gasteiger partial charge in [-0.05, 0) is 18.2 Å². The third-order valence-electron chi connectivity index (χ3n) is 2.65. The van der Waals surface area contributed by atoms with Crippen LogP contribution in [0.25, 0.3) is 5.69 Å². The lowest BCUT2D eigenvalue weighted by Gasteiger charge is -2.10. The number of alkyl halides is 3. The number of hydrogen-bond donors (Lipinski definition) is 1. The summed E-state index contributed by atoms with van der Waals surface area (Å²) in [5, 5.41) is 21.8. The van der Waals surface area contributed by atoms with Crippen molar-refractivity contribution in [2.75, 3.05) is 0 Å². The number of aromatic nitrogens is 2. The number of benzene rings is 1. The molecule has 0 saturated heterocycles. The zero-order chi connectivity index (χ0) is 15.6. The lowest BCUT2D eigenvalue weighted by atomic mass is 10.2. The maximum absolute atomic E-state index is 12.7. The molecule has 8 heteroatoms. The molecular formula is C13H8F3N3O2. The molecule has 1 heterocycles. The number of halogens is 3. The van der Waals surface area contributed by atoms with Crippen LogP contribution < -0.4 is 5.56 Å². The lowest BCUT2D eigenvalue weighted by Crippen LogP contribution is -2.22. The summed E-state index contributed by atoms with van der Waals surface area (Å²) < 4.78 is 38.7. The van der Waals surface area contributed by atoms with Crippen LogP contribution in [-0.4, -0.2) is 14.9 Å². The first kappa shape index (κ1) is 14.6. The minimum absolute atomic E-state index is 0.0884. The quantitative estimate of drug-likeness (QED) is 0.919. The van der Waals surface area contributed by atoms with Gasteiger partial charge in [-0.2, -0.15) is 28.2 Å². The Morgan fingerprint density at radius 1 is 1.33 bits per heavy atom. The second-order valence-electron chi connectivity index (χ2n) is 4.11. The molecule has 0 fully saturated rings. The van der Waals surface area contributed by atoms with Gasteiger partial charge in [0.1, 0.15) is 11.4 Å². The molecule has 0 radical (unpaired) electrons. The van der Waals surface area contributed by atoms with Gasteiger partial charge in [0.05, 0.1) is 23.7 Å². The molecule has 2 rings (SSSR count). The Hall–Kier alpha value is -2.82. The Morgan fingerprint density at radius 2 is 2.05 bits per heavy atom. The average Bonchev–Trinajstić information content (AvgIpc) is 2.41. The fourth-order valence-electron chi connectivity index (χ4n) is 1.68. The third-order valence-corrected chi connectivity index (χ3v) is 2.65. The fraction of sp³-hybridized carbons (Fsp3) is 0.154. The summed E-state index contributed by atoms with van der Waals surface area (Å²) in [6.07, 6.45) is -4.82. The molecule has 0 amide bonds. The molecule has 5 nitrogen and oxygen atoms in total. The number of nitrogens with zero attached hydrogens (tertiary/aromatic N) is 3. The Labute approximate surface area is 116 Å². The van der Waals surface area contributed by atoms with Gasteiger partial charge in [0.15, 0.2) is 0 Å². The predicted octanol–water partition coefficient (Wildman–Crippen LogP) is 2.02. The summed E-state index contributed by atoms with van der Waals surface area (Å²) in [6, 6.07) is 6.59. The molecule has 0 spiro atoms. The van der Waals surface area contributed by atoms with Gasteiger partial charge >= 0.3 is 6.18 Å². The van der Waals surface area contributed by atoms with Crippen LogP contribution in [0, 0.1) is 11.3 Å². The van der Waals surface area contributed by atoms with Gasteiger partial charge in [-0.3, -0.25) is 4.79 Å². The van der Waals surface area contributed by atoms with Crippen LogP contribution in [0.1, 0.15) is 11.3 Å². The van der Waals surface area contributed by atoms with Crippen molar-refractivity contribution >= 4 is 0 Å². The highest BCUT2D eigenvalue weighted by molar-refractivity contribution is 5.37. The summed E-state index contributed by atoms with van der Waals surface area (Å²) in [7, 11) is 0. The van der Waals surface area contributed by atoms with Gasteiger partial charge in [-0.15, -0.1) is 0 Å². The van der Waals surface area contributed by atoms with Crippen LogP contribution in [0.15, 0.2) is 35.1 Å². The largest absolute Gasteiger partial charge is 0.506 e. The van der Waals surface area contributed by atoms with E-state index in [1.165, 1.54) is 6.07 Å². The third kappa shape index (κ3) is 3.02. The number of nitriles is 1. The first-order valence-corrected chi connectivity index (χ1v) is 5.69. The van der Waals surface area contributed by atoms with Crippen molar-refractivity contribution in [3.8, 4) is 17.5 Å². The molecule has 1 aromatic carbocycles.